The van der Waals surface area contributed by atoms with Gasteiger partial charge in [-0.15, -0.1) is 0 Å². The lowest BCUT2D eigenvalue weighted by molar-refractivity contribution is 0.410. The van der Waals surface area contributed by atoms with Gasteiger partial charge in [0.1, 0.15) is 10.8 Å². The van der Waals surface area contributed by atoms with Gasteiger partial charge in [0, 0.05) is 5.56 Å². The van der Waals surface area contributed by atoms with E-state index in [1.165, 1.54) is 0 Å². The average Bonchev–Trinajstić information content (AvgIpc) is 3.00. The summed E-state index contributed by atoms with van der Waals surface area (Å²) in [5.74, 6) is 0.943. The molecule has 21 heavy (non-hydrogen) atoms. The van der Waals surface area contributed by atoms with Crippen LogP contribution in [0, 0.1) is 0 Å². The molecule has 0 unspecified atom stereocenters. The lowest BCUT2D eigenvalue weighted by atomic mass is 10.2. The molecular formula is C16H11ClN2O2. The van der Waals surface area contributed by atoms with E-state index in [-0.39, 0.29) is 11.6 Å². The molecule has 0 fully saturated rings. The molecule has 0 saturated carbocycles. The quantitative estimate of drug-likeness (QED) is 0.788. The fraction of sp³-hybridized carbons (Fsp3) is 0. The molecule has 1 N–H and O–H groups in total. The molecular weight excluding hydrogens is 288 g/mol. The number of nitrogens with zero attached hydrogens (tertiary/aromatic N) is 2. The van der Waals surface area contributed by atoms with E-state index >= 15 is 0 Å². The molecule has 0 aliphatic rings. The van der Waals surface area contributed by atoms with Crippen molar-refractivity contribution in [1.82, 2.24) is 10.1 Å². The standard InChI is InChI=1S/C16H11ClN2O2/c17-14(10-11-6-8-13(20)9-7-11)16-18-15(19-21-16)12-4-2-1-3-5-12/h1-10,20H/b14-10-. The predicted octanol–water partition coefficient (Wildman–Crippen LogP) is 4.18. The van der Waals surface area contributed by atoms with E-state index in [2.05, 4.69) is 10.1 Å². The van der Waals surface area contributed by atoms with Crippen LogP contribution < -0.4 is 0 Å². The predicted molar refractivity (Wildman–Crippen MR) is 81.6 cm³/mol. The highest BCUT2D eigenvalue weighted by molar-refractivity contribution is 6.50. The Kier molecular flexibility index (Phi) is 3.71. The van der Waals surface area contributed by atoms with E-state index in [9.17, 15) is 5.11 Å². The third-order valence-corrected chi connectivity index (χ3v) is 3.12. The third kappa shape index (κ3) is 3.12. The lowest BCUT2D eigenvalue weighted by Crippen LogP contribution is -1.81. The Balaban J connectivity index is 1.87. The number of hydrogen-bond acceptors (Lipinski definition) is 4. The highest BCUT2D eigenvalue weighted by Crippen LogP contribution is 2.24. The van der Waals surface area contributed by atoms with Crippen LogP contribution in [0.4, 0.5) is 0 Å². The zero-order valence-corrected chi connectivity index (χ0v) is 11.7. The summed E-state index contributed by atoms with van der Waals surface area (Å²) in [6.45, 7) is 0. The largest absolute Gasteiger partial charge is 0.508 e. The number of halogens is 1. The molecule has 3 aromatic rings. The minimum Gasteiger partial charge on any atom is -0.508 e. The van der Waals surface area contributed by atoms with Crippen molar-refractivity contribution < 1.29 is 9.63 Å². The summed E-state index contributed by atoms with van der Waals surface area (Å²) in [5.41, 5.74) is 1.69. The van der Waals surface area contributed by atoms with Gasteiger partial charge in [0.15, 0.2) is 0 Å². The van der Waals surface area contributed by atoms with Gasteiger partial charge in [-0.3, -0.25) is 0 Å². The number of phenolic OH excluding ortho intramolecular Hbond substituents is 1. The van der Waals surface area contributed by atoms with Crippen LogP contribution in [0.25, 0.3) is 22.5 Å². The van der Waals surface area contributed by atoms with E-state index in [0.29, 0.717) is 10.9 Å². The molecule has 1 heterocycles. The summed E-state index contributed by atoms with van der Waals surface area (Å²) >= 11 is 6.18. The Morgan fingerprint density at radius 3 is 2.48 bits per heavy atom. The van der Waals surface area contributed by atoms with Crippen LogP contribution in [-0.2, 0) is 0 Å². The maximum Gasteiger partial charge on any atom is 0.269 e. The van der Waals surface area contributed by atoms with Gasteiger partial charge in [-0.2, -0.15) is 4.98 Å². The second kappa shape index (κ2) is 5.81. The summed E-state index contributed by atoms with van der Waals surface area (Å²) in [6, 6.07) is 16.2. The molecule has 0 aliphatic heterocycles. The number of phenols is 1. The minimum atomic E-state index is 0.201. The number of rotatable bonds is 3. The van der Waals surface area contributed by atoms with Crippen molar-refractivity contribution in [2.45, 2.75) is 0 Å². The molecule has 0 amide bonds. The SMILES string of the molecule is Oc1ccc(/C=C(\Cl)c2nc(-c3ccccc3)no2)cc1. The molecule has 104 valence electrons. The van der Waals surface area contributed by atoms with Crippen molar-refractivity contribution in [2.75, 3.05) is 0 Å². The summed E-state index contributed by atoms with van der Waals surface area (Å²) in [5, 5.41) is 13.5. The van der Waals surface area contributed by atoms with Crippen molar-refractivity contribution in [2.24, 2.45) is 0 Å². The fourth-order valence-corrected chi connectivity index (χ4v) is 2.01. The van der Waals surface area contributed by atoms with Crippen molar-refractivity contribution in [1.29, 1.82) is 0 Å². The first-order chi connectivity index (χ1) is 10.2. The van der Waals surface area contributed by atoms with Crippen LogP contribution >= 0.6 is 11.6 Å². The molecule has 0 bridgehead atoms. The fourth-order valence-electron chi connectivity index (χ4n) is 1.80. The van der Waals surface area contributed by atoms with Crippen LogP contribution in [0.15, 0.2) is 59.1 Å². The number of benzene rings is 2. The zero-order valence-electron chi connectivity index (χ0n) is 10.9. The van der Waals surface area contributed by atoms with Crippen molar-refractivity contribution in [3.05, 3.63) is 66.1 Å². The molecule has 2 aromatic carbocycles. The zero-order chi connectivity index (χ0) is 14.7. The minimum absolute atomic E-state index is 0.201. The Bertz CT molecular complexity index is 764. The van der Waals surface area contributed by atoms with Gasteiger partial charge in [0.2, 0.25) is 5.82 Å². The molecule has 0 aliphatic carbocycles. The van der Waals surface area contributed by atoms with E-state index in [1.54, 1.807) is 30.3 Å². The summed E-state index contributed by atoms with van der Waals surface area (Å²) in [4.78, 5) is 4.27. The van der Waals surface area contributed by atoms with Gasteiger partial charge in [-0.1, -0.05) is 59.2 Å². The van der Waals surface area contributed by atoms with E-state index < -0.39 is 0 Å². The van der Waals surface area contributed by atoms with Gasteiger partial charge >= 0.3 is 0 Å². The molecule has 3 rings (SSSR count). The van der Waals surface area contributed by atoms with Crippen LogP contribution in [-0.4, -0.2) is 15.2 Å². The van der Waals surface area contributed by atoms with Crippen LogP contribution in [0.1, 0.15) is 11.5 Å². The second-order valence-corrected chi connectivity index (χ2v) is 4.78. The number of aromatic nitrogens is 2. The monoisotopic (exact) mass is 298 g/mol. The molecule has 5 heteroatoms. The Morgan fingerprint density at radius 1 is 1.05 bits per heavy atom. The first-order valence-corrected chi connectivity index (χ1v) is 6.66. The molecule has 0 saturated heterocycles. The van der Waals surface area contributed by atoms with Gasteiger partial charge in [0.25, 0.3) is 5.89 Å². The molecule has 4 nitrogen and oxygen atoms in total. The van der Waals surface area contributed by atoms with E-state index in [4.69, 9.17) is 16.1 Å². The number of aromatic hydroxyl groups is 1. The summed E-state index contributed by atoms with van der Waals surface area (Å²) in [6.07, 6.45) is 1.70. The lowest BCUT2D eigenvalue weighted by Gasteiger charge is -1.95. The topological polar surface area (TPSA) is 59.2 Å². The van der Waals surface area contributed by atoms with Gasteiger partial charge in [0.05, 0.1) is 0 Å². The number of hydrogen-bond donors (Lipinski definition) is 1. The summed E-state index contributed by atoms with van der Waals surface area (Å²) < 4.78 is 5.17. The van der Waals surface area contributed by atoms with Crippen LogP contribution in [0.5, 0.6) is 5.75 Å². The van der Waals surface area contributed by atoms with Gasteiger partial charge in [-0.05, 0) is 23.8 Å². The first kappa shape index (κ1) is 13.4. The highest BCUT2D eigenvalue weighted by Gasteiger charge is 2.11. The van der Waals surface area contributed by atoms with Gasteiger partial charge in [-0.25, -0.2) is 0 Å². The second-order valence-electron chi connectivity index (χ2n) is 4.37. The highest BCUT2D eigenvalue weighted by atomic mass is 35.5. The Hall–Kier alpha value is -2.59. The molecule has 0 radical (unpaired) electrons. The van der Waals surface area contributed by atoms with Crippen molar-refractivity contribution >= 4 is 22.7 Å². The normalized spacial score (nSPS) is 11.6. The van der Waals surface area contributed by atoms with Crippen molar-refractivity contribution in [3.8, 4) is 17.1 Å². The molecule has 1 aromatic heterocycles. The van der Waals surface area contributed by atoms with E-state index in [1.807, 2.05) is 30.3 Å². The van der Waals surface area contributed by atoms with Crippen LogP contribution in [0.2, 0.25) is 0 Å². The maximum absolute atomic E-state index is 9.24. The van der Waals surface area contributed by atoms with E-state index in [0.717, 1.165) is 11.1 Å². The summed E-state index contributed by atoms with van der Waals surface area (Å²) in [7, 11) is 0. The maximum atomic E-state index is 9.24. The van der Waals surface area contributed by atoms with Crippen LogP contribution in [0.3, 0.4) is 0 Å². The van der Waals surface area contributed by atoms with Gasteiger partial charge < -0.3 is 9.63 Å². The smallest absolute Gasteiger partial charge is 0.269 e. The molecule has 0 spiro atoms. The molecule has 0 atom stereocenters. The third-order valence-electron chi connectivity index (χ3n) is 2.85. The Morgan fingerprint density at radius 2 is 1.76 bits per heavy atom. The average molecular weight is 299 g/mol. The van der Waals surface area contributed by atoms with Crippen molar-refractivity contribution in [3.63, 3.8) is 0 Å². The first-order valence-electron chi connectivity index (χ1n) is 6.28. The Labute approximate surface area is 126 Å².